The van der Waals surface area contributed by atoms with Crippen LogP contribution in [0.1, 0.15) is 42.7 Å². The molecule has 0 bridgehead atoms. The van der Waals surface area contributed by atoms with Gasteiger partial charge in [0.15, 0.2) is 0 Å². The monoisotopic (exact) mass is 342 g/mol. The minimum Gasteiger partial charge on any atom is -0.389 e. The van der Waals surface area contributed by atoms with Gasteiger partial charge in [0.1, 0.15) is 0 Å². The molecule has 2 fully saturated rings. The number of aliphatic hydroxyl groups is 1. The highest BCUT2D eigenvalue weighted by Crippen LogP contribution is 2.41. The van der Waals surface area contributed by atoms with E-state index in [9.17, 15) is 23.1 Å². The zero-order valence-electron chi connectivity index (χ0n) is 13.1. The number of rotatable bonds is 4. The normalized spacial score (nSPS) is 32.6. The van der Waals surface area contributed by atoms with Gasteiger partial charge in [0, 0.05) is 18.5 Å². The van der Waals surface area contributed by atoms with Crippen LogP contribution in [0.4, 0.5) is 13.2 Å². The molecule has 0 aliphatic heterocycles. The molecule has 0 radical (unpaired) electrons. The SMILES string of the molecule is NCC1(O)CC(C(=O)NC2CC(c3cccc(C(F)(F)F)c3)C2)C1. The van der Waals surface area contributed by atoms with Gasteiger partial charge in [-0.05, 0) is 43.2 Å². The fourth-order valence-electron chi connectivity index (χ4n) is 3.51. The summed E-state index contributed by atoms with van der Waals surface area (Å²) in [5, 5.41) is 12.7. The number of halogens is 3. The van der Waals surface area contributed by atoms with Gasteiger partial charge < -0.3 is 16.2 Å². The first kappa shape index (κ1) is 17.2. The first-order valence-corrected chi connectivity index (χ1v) is 8.10. The van der Waals surface area contributed by atoms with Gasteiger partial charge in [-0.15, -0.1) is 0 Å². The van der Waals surface area contributed by atoms with Crippen molar-refractivity contribution in [3.05, 3.63) is 35.4 Å². The van der Waals surface area contributed by atoms with Gasteiger partial charge in [-0.3, -0.25) is 4.79 Å². The number of amides is 1. The van der Waals surface area contributed by atoms with E-state index < -0.39 is 17.3 Å². The zero-order chi connectivity index (χ0) is 17.5. The average molecular weight is 342 g/mol. The van der Waals surface area contributed by atoms with Gasteiger partial charge in [-0.1, -0.05) is 18.2 Å². The number of hydrogen-bond donors (Lipinski definition) is 3. The molecule has 0 atom stereocenters. The Labute approximate surface area is 138 Å². The molecule has 1 aromatic carbocycles. The summed E-state index contributed by atoms with van der Waals surface area (Å²) in [7, 11) is 0. The van der Waals surface area contributed by atoms with Crippen molar-refractivity contribution in [2.24, 2.45) is 11.7 Å². The Kier molecular flexibility index (Phi) is 4.34. The Hall–Kier alpha value is -1.60. The number of carbonyl (C=O) groups is 1. The van der Waals surface area contributed by atoms with Crippen molar-refractivity contribution < 1.29 is 23.1 Å². The summed E-state index contributed by atoms with van der Waals surface area (Å²) in [5.74, 6) is -0.272. The second kappa shape index (κ2) is 6.04. The van der Waals surface area contributed by atoms with Gasteiger partial charge in [-0.2, -0.15) is 13.2 Å². The van der Waals surface area contributed by atoms with Crippen LogP contribution in [0.15, 0.2) is 24.3 Å². The largest absolute Gasteiger partial charge is 0.416 e. The zero-order valence-corrected chi connectivity index (χ0v) is 13.1. The molecule has 0 saturated heterocycles. The quantitative estimate of drug-likeness (QED) is 0.785. The maximum Gasteiger partial charge on any atom is 0.416 e. The van der Waals surface area contributed by atoms with Crippen LogP contribution in [-0.2, 0) is 11.0 Å². The minimum atomic E-state index is -4.34. The lowest BCUT2D eigenvalue weighted by molar-refractivity contribution is -0.141. The van der Waals surface area contributed by atoms with E-state index in [-0.39, 0.29) is 30.3 Å². The summed E-state index contributed by atoms with van der Waals surface area (Å²) in [6, 6.07) is 5.37. The molecule has 24 heavy (non-hydrogen) atoms. The van der Waals surface area contributed by atoms with Crippen molar-refractivity contribution in [1.29, 1.82) is 0 Å². The molecule has 1 aromatic rings. The molecule has 3 rings (SSSR count). The fraction of sp³-hybridized carbons (Fsp3) is 0.588. The Morgan fingerprint density at radius 2 is 2.00 bits per heavy atom. The van der Waals surface area contributed by atoms with Crippen LogP contribution in [0.5, 0.6) is 0 Å². The Morgan fingerprint density at radius 3 is 2.58 bits per heavy atom. The van der Waals surface area contributed by atoms with E-state index in [1.165, 1.54) is 12.1 Å². The molecule has 2 saturated carbocycles. The molecule has 0 heterocycles. The number of nitrogens with one attached hydrogen (secondary N) is 1. The van der Waals surface area contributed by atoms with Crippen molar-refractivity contribution >= 4 is 5.91 Å². The van der Waals surface area contributed by atoms with E-state index in [1.807, 2.05) is 0 Å². The summed E-state index contributed by atoms with van der Waals surface area (Å²) < 4.78 is 38.2. The van der Waals surface area contributed by atoms with Gasteiger partial charge >= 0.3 is 6.18 Å². The van der Waals surface area contributed by atoms with Gasteiger partial charge in [0.05, 0.1) is 11.2 Å². The second-order valence-corrected chi connectivity index (χ2v) is 7.03. The molecule has 2 aliphatic rings. The van der Waals surface area contributed by atoms with Crippen LogP contribution >= 0.6 is 0 Å². The predicted octanol–water partition coefficient (Wildman–Crippen LogP) is 2.17. The molecule has 4 N–H and O–H groups in total. The van der Waals surface area contributed by atoms with E-state index in [0.717, 1.165) is 6.07 Å². The number of alkyl halides is 3. The van der Waals surface area contributed by atoms with Gasteiger partial charge in [0.2, 0.25) is 5.91 Å². The van der Waals surface area contributed by atoms with Crippen molar-refractivity contribution in [3.63, 3.8) is 0 Å². The third kappa shape index (κ3) is 3.42. The molecule has 132 valence electrons. The Morgan fingerprint density at radius 1 is 1.33 bits per heavy atom. The summed E-state index contributed by atoms with van der Waals surface area (Å²) in [6.07, 6.45) is -2.31. The predicted molar refractivity (Wildman–Crippen MR) is 82.1 cm³/mol. The molecule has 0 spiro atoms. The highest BCUT2D eigenvalue weighted by molar-refractivity contribution is 5.80. The summed E-state index contributed by atoms with van der Waals surface area (Å²) >= 11 is 0. The second-order valence-electron chi connectivity index (χ2n) is 7.03. The van der Waals surface area contributed by atoms with Gasteiger partial charge in [0.25, 0.3) is 0 Å². The first-order chi connectivity index (χ1) is 11.2. The third-order valence-electron chi connectivity index (χ3n) is 5.17. The highest BCUT2D eigenvalue weighted by atomic mass is 19.4. The molecule has 7 heteroatoms. The molecule has 0 unspecified atom stereocenters. The third-order valence-corrected chi connectivity index (χ3v) is 5.17. The summed E-state index contributed by atoms with van der Waals surface area (Å²) in [6.45, 7) is 0.151. The van der Waals surface area contributed by atoms with Crippen LogP contribution in [0.3, 0.4) is 0 Å². The lowest BCUT2D eigenvalue weighted by Gasteiger charge is -2.44. The Balaban J connectivity index is 1.49. The van der Waals surface area contributed by atoms with E-state index in [4.69, 9.17) is 5.73 Å². The molecular formula is C17H21F3N2O2. The van der Waals surface area contributed by atoms with Crippen LogP contribution in [-0.4, -0.2) is 29.2 Å². The summed E-state index contributed by atoms with van der Waals surface area (Å²) in [4.78, 5) is 12.0. The van der Waals surface area contributed by atoms with Crippen LogP contribution < -0.4 is 11.1 Å². The number of hydrogen-bond acceptors (Lipinski definition) is 3. The fourth-order valence-corrected chi connectivity index (χ4v) is 3.51. The van der Waals surface area contributed by atoms with E-state index >= 15 is 0 Å². The van der Waals surface area contributed by atoms with E-state index in [0.29, 0.717) is 31.2 Å². The lowest BCUT2D eigenvalue weighted by Crippen LogP contribution is -2.56. The maximum absolute atomic E-state index is 12.7. The topological polar surface area (TPSA) is 75.3 Å². The number of carbonyl (C=O) groups excluding carboxylic acids is 1. The highest BCUT2D eigenvalue weighted by Gasteiger charge is 2.46. The lowest BCUT2D eigenvalue weighted by atomic mass is 9.69. The van der Waals surface area contributed by atoms with Crippen LogP contribution in [0, 0.1) is 5.92 Å². The molecule has 1 amide bonds. The molecule has 0 aromatic heterocycles. The number of benzene rings is 1. The Bertz CT molecular complexity index is 621. The van der Waals surface area contributed by atoms with Crippen molar-refractivity contribution in [1.82, 2.24) is 5.32 Å². The van der Waals surface area contributed by atoms with Gasteiger partial charge in [-0.25, -0.2) is 0 Å². The van der Waals surface area contributed by atoms with Crippen molar-refractivity contribution in [2.75, 3.05) is 6.54 Å². The van der Waals surface area contributed by atoms with E-state index in [1.54, 1.807) is 6.07 Å². The average Bonchev–Trinajstić information content (AvgIpc) is 2.46. The molecular weight excluding hydrogens is 321 g/mol. The smallest absolute Gasteiger partial charge is 0.389 e. The minimum absolute atomic E-state index is 0.0105. The maximum atomic E-state index is 12.7. The van der Waals surface area contributed by atoms with Crippen molar-refractivity contribution in [2.45, 2.75) is 49.4 Å². The standard InChI is InChI=1S/C17H21F3N2O2/c18-17(19,20)13-3-1-2-10(4-13)11-5-14(6-11)22-15(23)12-7-16(24,8-12)9-21/h1-4,11-12,14,24H,5-9,21H2,(H,22,23). The van der Waals surface area contributed by atoms with Crippen LogP contribution in [0.2, 0.25) is 0 Å². The van der Waals surface area contributed by atoms with E-state index in [2.05, 4.69) is 5.32 Å². The van der Waals surface area contributed by atoms with Crippen molar-refractivity contribution in [3.8, 4) is 0 Å². The summed E-state index contributed by atoms with van der Waals surface area (Å²) in [5.41, 5.74) is 4.55. The number of nitrogens with two attached hydrogens (primary N) is 1. The molecule has 4 nitrogen and oxygen atoms in total. The first-order valence-electron chi connectivity index (χ1n) is 8.10. The van der Waals surface area contributed by atoms with Crippen LogP contribution in [0.25, 0.3) is 0 Å². The molecule has 2 aliphatic carbocycles.